The highest BCUT2D eigenvalue weighted by Crippen LogP contribution is 2.25. The van der Waals surface area contributed by atoms with E-state index in [2.05, 4.69) is 17.0 Å². The Labute approximate surface area is 127 Å². The van der Waals surface area contributed by atoms with Crippen LogP contribution in [0.2, 0.25) is 0 Å². The fraction of sp³-hybridized carbons (Fsp3) is 0.600. The summed E-state index contributed by atoms with van der Waals surface area (Å²) in [4.78, 5) is 0.297. The second kappa shape index (κ2) is 7.24. The van der Waals surface area contributed by atoms with Crippen LogP contribution in [0.4, 0.5) is 5.69 Å². The van der Waals surface area contributed by atoms with E-state index in [9.17, 15) is 8.42 Å². The Balaban J connectivity index is 2.13. The van der Waals surface area contributed by atoms with E-state index < -0.39 is 10.0 Å². The lowest BCUT2D eigenvalue weighted by Gasteiger charge is -2.31. The highest BCUT2D eigenvalue weighted by atomic mass is 32.2. The van der Waals surface area contributed by atoms with Crippen LogP contribution in [0, 0.1) is 0 Å². The third kappa shape index (κ3) is 4.18. The van der Waals surface area contributed by atoms with E-state index >= 15 is 0 Å². The van der Waals surface area contributed by atoms with E-state index in [0.29, 0.717) is 10.6 Å². The number of rotatable bonds is 6. The molecule has 5 nitrogen and oxygen atoms in total. The summed E-state index contributed by atoms with van der Waals surface area (Å²) in [5, 5.41) is 3.38. The number of hydrogen-bond acceptors (Lipinski definition) is 4. The molecular formula is C15H24N2O3S. The lowest BCUT2D eigenvalue weighted by molar-refractivity contribution is 0.00595. The molecule has 0 radical (unpaired) electrons. The van der Waals surface area contributed by atoms with Gasteiger partial charge in [0.1, 0.15) is 4.90 Å². The summed E-state index contributed by atoms with van der Waals surface area (Å²) in [6.07, 6.45) is 4.24. The Bertz CT molecular complexity index is 558. The second-order valence-corrected chi connectivity index (χ2v) is 7.21. The zero-order chi connectivity index (χ0) is 15.3. The van der Waals surface area contributed by atoms with Crippen molar-refractivity contribution in [2.75, 3.05) is 19.0 Å². The quantitative estimate of drug-likeness (QED) is 0.846. The molecule has 0 aromatic heterocycles. The van der Waals surface area contributed by atoms with Crippen LogP contribution in [0.5, 0.6) is 0 Å². The largest absolute Gasteiger partial charge is 0.381 e. The molecule has 0 amide bonds. The Morgan fingerprint density at radius 3 is 2.81 bits per heavy atom. The third-order valence-electron chi connectivity index (χ3n) is 3.78. The van der Waals surface area contributed by atoms with Crippen molar-refractivity contribution in [3.63, 3.8) is 0 Å². The van der Waals surface area contributed by atoms with Gasteiger partial charge in [0.05, 0.1) is 11.8 Å². The standard InChI is InChI=1S/C15H24N2O3S/c1-3-6-13-11-12(9-10-20-13)17-14-7-4-5-8-15(14)21(18,19)16-2/h4-5,7-8,12-13,16-17H,3,6,9-11H2,1-2H3. The molecule has 2 atom stereocenters. The molecule has 21 heavy (non-hydrogen) atoms. The van der Waals surface area contributed by atoms with E-state index in [0.717, 1.165) is 32.3 Å². The lowest BCUT2D eigenvalue weighted by Crippen LogP contribution is -2.34. The van der Waals surface area contributed by atoms with Crippen LogP contribution >= 0.6 is 0 Å². The fourth-order valence-electron chi connectivity index (χ4n) is 2.68. The van der Waals surface area contributed by atoms with E-state index in [1.165, 1.54) is 7.05 Å². The number of ether oxygens (including phenoxy) is 1. The van der Waals surface area contributed by atoms with Gasteiger partial charge in [0.15, 0.2) is 0 Å². The second-order valence-electron chi connectivity index (χ2n) is 5.35. The molecule has 2 N–H and O–H groups in total. The van der Waals surface area contributed by atoms with Gasteiger partial charge in [-0.3, -0.25) is 0 Å². The first-order chi connectivity index (χ1) is 10.1. The summed E-state index contributed by atoms with van der Waals surface area (Å²) in [6.45, 7) is 2.87. The Kier molecular flexibility index (Phi) is 5.61. The number of para-hydroxylation sites is 1. The molecule has 1 fully saturated rings. The fourth-order valence-corrected chi connectivity index (χ4v) is 3.58. The zero-order valence-electron chi connectivity index (χ0n) is 12.6. The molecule has 0 aliphatic carbocycles. The van der Waals surface area contributed by atoms with Crippen LogP contribution in [0.15, 0.2) is 29.2 Å². The molecule has 1 aromatic rings. The molecule has 1 aromatic carbocycles. The minimum atomic E-state index is -3.45. The number of benzene rings is 1. The van der Waals surface area contributed by atoms with Crippen molar-refractivity contribution >= 4 is 15.7 Å². The number of nitrogens with one attached hydrogen (secondary N) is 2. The average Bonchev–Trinajstić information content (AvgIpc) is 2.48. The monoisotopic (exact) mass is 312 g/mol. The minimum Gasteiger partial charge on any atom is -0.381 e. The molecule has 2 unspecified atom stereocenters. The lowest BCUT2D eigenvalue weighted by atomic mass is 10.00. The average molecular weight is 312 g/mol. The predicted octanol–water partition coefficient (Wildman–Crippen LogP) is 2.35. The van der Waals surface area contributed by atoms with Crippen LogP contribution < -0.4 is 10.0 Å². The first-order valence-corrected chi connectivity index (χ1v) is 8.96. The van der Waals surface area contributed by atoms with Crippen molar-refractivity contribution in [1.82, 2.24) is 4.72 Å². The van der Waals surface area contributed by atoms with Gasteiger partial charge in [0.25, 0.3) is 0 Å². The first-order valence-electron chi connectivity index (χ1n) is 7.47. The van der Waals surface area contributed by atoms with Crippen LogP contribution in [-0.4, -0.2) is 34.2 Å². The highest BCUT2D eigenvalue weighted by Gasteiger charge is 2.24. The molecule has 2 rings (SSSR count). The maximum absolute atomic E-state index is 12.1. The van der Waals surface area contributed by atoms with Gasteiger partial charge in [0, 0.05) is 12.6 Å². The van der Waals surface area contributed by atoms with Crippen molar-refractivity contribution in [3.05, 3.63) is 24.3 Å². The van der Waals surface area contributed by atoms with Crippen molar-refractivity contribution in [3.8, 4) is 0 Å². The van der Waals surface area contributed by atoms with E-state index in [1.807, 2.05) is 12.1 Å². The first kappa shape index (κ1) is 16.3. The number of hydrogen-bond donors (Lipinski definition) is 2. The molecule has 6 heteroatoms. The van der Waals surface area contributed by atoms with Crippen LogP contribution in [0.25, 0.3) is 0 Å². The van der Waals surface area contributed by atoms with Gasteiger partial charge in [-0.2, -0.15) is 0 Å². The maximum atomic E-state index is 12.1. The molecule has 1 aliphatic rings. The van der Waals surface area contributed by atoms with Crippen molar-refractivity contribution < 1.29 is 13.2 Å². The molecule has 1 saturated heterocycles. The molecule has 0 bridgehead atoms. The molecule has 1 aliphatic heterocycles. The van der Waals surface area contributed by atoms with Gasteiger partial charge in [-0.05, 0) is 38.4 Å². The molecular weight excluding hydrogens is 288 g/mol. The van der Waals surface area contributed by atoms with E-state index in [1.54, 1.807) is 12.1 Å². The van der Waals surface area contributed by atoms with Gasteiger partial charge >= 0.3 is 0 Å². The van der Waals surface area contributed by atoms with Crippen molar-refractivity contribution in [2.45, 2.75) is 49.6 Å². The van der Waals surface area contributed by atoms with Crippen molar-refractivity contribution in [1.29, 1.82) is 0 Å². The van der Waals surface area contributed by atoms with Crippen LogP contribution in [0.3, 0.4) is 0 Å². The van der Waals surface area contributed by atoms with Gasteiger partial charge in [-0.1, -0.05) is 25.5 Å². The maximum Gasteiger partial charge on any atom is 0.242 e. The molecule has 0 spiro atoms. The highest BCUT2D eigenvalue weighted by molar-refractivity contribution is 7.89. The van der Waals surface area contributed by atoms with Crippen molar-refractivity contribution in [2.24, 2.45) is 0 Å². The van der Waals surface area contributed by atoms with Crippen LogP contribution in [0.1, 0.15) is 32.6 Å². The topological polar surface area (TPSA) is 67.4 Å². The number of sulfonamides is 1. The summed E-state index contributed by atoms with van der Waals surface area (Å²) in [7, 11) is -2.02. The predicted molar refractivity (Wildman–Crippen MR) is 84.0 cm³/mol. The SMILES string of the molecule is CCCC1CC(Nc2ccccc2S(=O)(=O)NC)CCO1. The summed E-state index contributed by atoms with van der Waals surface area (Å²) >= 11 is 0. The summed E-state index contributed by atoms with van der Waals surface area (Å²) in [6, 6.07) is 7.27. The number of anilines is 1. The summed E-state index contributed by atoms with van der Waals surface area (Å²) in [5.74, 6) is 0. The van der Waals surface area contributed by atoms with Crippen LogP contribution in [-0.2, 0) is 14.8 Å². The zero-order valence-corrected chi connectivity index (χ0v) is 13.4. The normalized spacial score (nSPS) is 23.0. The third-order valence-corrected chi connectivity index (χ3v) is 5.26. The summed E-state index contributed by atoms with van der Waals surface area (Å²) < 4.78 is 32.2. The van der Waals surface area contributed by atoms with E-state index in [-0.39, 0.29) is 12.1 Å². The van der Waals surface area contributed by atoms with Gasteiger partial charge < -0.3 is 10.1 Å². The molecule has 0 saturated carbocycles. The Morgan fingerprint density at radius 1 is 1.33 bits per heavy atom. The minimum absolute atomic E-state index is 0.253. The summed E-state index contributed by atoms with van der Waals surface area (Å²) in [5.41, 5.74) is 0.661. The Morgan fingerprint density at radius 2 is 2.10 bits per heavy atom. The van der Waals surface area contributed by atoms with Gasteiger partial charge in [0.2, 0.25) is 10.0 Å². The molecule has 118 valence electrons. The van der Waals surface area contributed by atoms with E-state index in [4.69, 9.17) is 4.74 Å². The Hall–Kier alpha value is -1.11. The molecule has 1 heterocycles. The van der Waals surface area contributed by atoms with Gasteiger partial charge in [-0.15, -0.1) is 0 Å². The smallest absolute Gasteiger partial charge is 0.242 e. The van der Waals surface area contributed by atoms with Gasteiger partial charge in [-0.25, -0.2) is 13.1 Å².